The second kappa shape index (κ2) is 5.80. The average Bonchev–Trinajstić information content (AvgIpc) is 2.36. The topological polar surface area (TPSA) is 75.3 Å². The molecular weight excluding hydrogens is 216 g/mol. The molecule has 94 valence electrons. The van der Waals surface area contributed by atoms with Gasteiger partial charge in [-0.25, -0.2) is 0 Å². The minimum atomic E-state index is -0.424. The number of amides is 1. The molecule has 0 spiro atoms. The van der Waals surface area contributed by atoms with Crippen LogP contribution in [-0.2, 0) is 6.54 Å². The Bertz CT molecular complexity index is 387. The smallest absolute Gasteiger partial charge is 0.248 e. The van der Waals surface area contributed by atoms with Crippen molar-refractivity contribution in [2.45, 2.75) is 32.4 Å². The van der Waals surface area contributed by atoms with Gasteiger partial charge in [-0.1, -0.05) is 19.1 Å². The highest BCUT2D eigenvalue weighted by Crippen LogP contribution is 2.10. The molecule has 0 aliphatic carbocycles. The maximum atomic E-state index is 11.0. The zero-order valence-corrected chi connectivity index (χ0v) is 10.4. The van der Waals surface area contributed by atoms with E-state index >= 15 is 0 Å². The van der Waals surface area contributed by atoms with Crippen LogP contribution in [-0.4, -0.2) is 23.2 Å². The second-order valence-corrected chi connectivity index (χ2v) is 4.49. The lowest BCUT2D eigenvalue weighted by Gasteiger charge is -2.27. The van der Waals surface area contributed by atoms with Crippen LogP contribution >= 0.6 is 0 Å². The van der Waals surface area contributed by atoms with Gasteiger partial charge in [-0.15, -0.1) is 0 Å². The summed E-state index contributed by atoms with van der Waals surface area (Å²) in [5.41, 5.74) is 6.42. The number of aliphatic hydroxyl groups is 1. The Balaban J connectivity index is 2.69. The van der Waals surface area contributed by atoms with E-state index in [2.05, 4.69) is 5.32 Å². The minimum absolute atomic E-state index is 0.0824. The summed E-state index contributed by atoms with van der Waals surface area (Å²) < 4.78 is 0. The minimum Gasteiger partial charge on any atom is -0.394 e. The van der Waals surface area contributed by atoms with Crippen molar-refractivity contribution in [1.82, 2.24) is 5.32 Å². The molecule has 0 aliphatic rings. The van der Waals surface area contributed by atoms with Crippen molar-refractivity contribution in [3.05, 3.63) is 35.4 Å². The van der Waals surface area contributed by atoms with Crippen molar-refractivity contribution in [2.24, 2.45) is 5.73 Å². The van der Waals surface area contributed by atoms with Crippen LogP contribution in [0.2, 0.25) is 0 Å². The first kappa shape index (κ1) is 13.7. The molecule has 0 fully saturated rings. The van der Waals surface area contributed by atoms with E-state index in [4.69, 9.17) is 5.73 Å². The van der Waals surface area contributed by atoms with Crippen LogP contribution in [0.25, 0.3) is 0 Å². The SMILES string of the molecule is CCC(C)(CO)NCc1cccc(C(N)=O)c1. The van der Waals surface area contributed by atoms with Gasteiger partial charge in [0, 0.05) is 17.6 Å². The predicted molar refractivity (Wildman–Crippen MR) is 67.6 cm³/mol. The van der Waals surface area contributed by atoms with E-state index in [9.17, 15) is 9.90 Å². The van der Waals surface area contributed by atoms with E-state index < -0.39 is 5.91 Å². The molecule has 1 rings (SSSR count). The van der Waals surface area contributed by atoms with Crippen molar-refractivity contribution >= 4 is 5.91 Å². The van der Waals surface area contributed by atoms with Gasteiger partial charge in [0.05, 0.1) is 6.61 Å². The number of benzene rings is 1. The Labute approximate surface area is 102 Å². The molecule has 0 saturated heterocycles. The van der Waals surface area contributed by atoms with E-state index in [1.54, 1.807) is 18.2 Å². The van der Waals surface area contributed by atoms with Gasteiger partial charge in [0.25, 0.3) is 0 Å². The normalized spacial score (nSPS) is 14.3. The van der Waals surface area contributed by atoms with Gasteiger partial charge in [-0.2, -0.15) is 0 Å². The van der Waals surface area contributed by atoms with Gasteiger partial charge in [0.1, 0.15) is 0 Å². The number of hydrogen-bond acceptors (Lipinski definition) is 3. The van der Waals surface area contributed by atoms with Crippen LogP contribution in [0.5, 0.6) is 0 Å². The lowest BCUT2D eigenvalue weighted by atomic mass is 9.99. The van der Waals surface area contributed by atoms with Crippen LogP contribution in [0.3, 0.4) is 0 Å². The first-order valence-corrected chi connectivity index (χ1v) is 5.75. The molecule has 4 heteroatoms. The predicted octanol–water partition coefficient (Wildman–Crippen LogP) is 1.04. The monoisotopic (exact) mass is 236 g/mol. The standard InChI is InChI=1S/C13H20N2O2/c1-3-13(2,9-16)15-8-10-5-4-6-11(7-10)12(14)17/h4-7,15-16H,3,8-9H2,1-2H3,(H2,14,17). The van der Waals surface area contributed by atoms with Gasteiger partial charge in [0.15, 0.2) is 0 Å². The molecule has 1 unspecified atom stereocenters. The van der Waals surface area contributed by atoms with Gasteiger partial charge in [0.2, 0.25) is 5.91 Å². The highest BCUT2D eigenvalue weighted by molar-refractivity contribution is 5.92. The lowest BCUT2D eigenvalue weighted by molar-refractivity contribution is 0.1000. The summed E-state index contributed by atoms with van der Waals surface area (Å²) in [4.78, 5) is 11.0. The third-order valence-electron chi connectivity index (χ3n) is 3.06. The quantitative estimate of drug-likeness (QED) is 0.690. The van der Waals surface area contributed by atoms with Crippen LogP contribution in [0.4, 0.5) is 0 Å². The van der Waals surface area contributed by atoms with Crippen LogP contribution < -0.4 is 11.1 Å². The molecule has 1 aromatic rings. The maximum absolute atomic E-state index is 11.0. The Morgan fingerprint density at radius 3 is 2.76 bits per heavy atom. The largest absolute Gasteiger partial charge is 0.394 e. The fourth-order valence-electron chi connectivity index (χ4n) is 1.44. The van der Waals surface area contributed by atoms with Crippen molar-refractivity contribution < 1.29 is 9.90 Å². The van der Waals surface area contributed by atoms with E-state index in [0.29, 0.717) is 12.1 Å². The fraction of sp³-hybridized carbons (Fsp3) is 0.462. The molecule has 4 nitrogen and oxygen atoms in total. The molecule has 1 aromatic carbocycles. The third kappa shape index (κ3) is 3.84. The number of rotatable bonds is 6. The second-order valence-electron chi connectivity index (χ2n) is 4.49. The number of hydrogen-bond donors (Lipinski definition) is 3. The highest BCUT2D eigenvalue weighted by atomic mass is 16.3. The number of nitrogens with one attached hydrogen (secondary N) is 1. The molecule has 0 bridgehead atoms. The summed E-state index contributed by atoms with van der Waals surface area (Å²) in [5.74, 6) is -0.424. The molecule has 1 amide bonds. The molecule has 1 atom stereocenters. The van der Waals surface area contributed by atoms with Crippen molar-refractivity contribution in [1.29, 1.82) is 0 Å². The van der Waals surface area contributed by atoms with E-state index in [0.717, 1.165) is 12.0 Å². The van der Waals surface area contributed by atoms with Crippen LogP contribution in [0.1, 0.15) is 36.2 Å². The summed E-state index contributed by atoms with van der Waals surface area (Å²) in [7, 11) is 0. The lowest BCUT2D eigenvalue weighted by Crippen LogP contribution is -2.44. The summed E-state index contributed by atoms with van der Waals surface area (Å²) in [6.07, 6.45) is 0.832. The number of primary amides is 1. The number of carbonyl (C=O) groups is 1. The number of nitrogens with two attached hydrogens (primary N) is 1. The molecule has 0 aromatic heterocycles. The molecule has 0 saturated carbocycles. The molecule has 4 N–H and O–H groups in total. The van der Waals surface area contributed by atoms with Crippen molar-refractivity contribution in [3.8, 4) is 0 Å². The molecular formula is C13H20N2O2. The van der Waals surface area contributed by atoms with Crippen molar-refractivity contribution in [2.75, 3.05) is 6.61 Å². The van der Waals surface area contributed by atoms with E-state index in [1.165, 1.54) is 0 Å². The first-order valence-electron chi connectivity index (χ1n) is 5.75. The Morgan fingerprint density at radius 2 is 2.24 bits per heavy atom. The van der Waals surface area contributed by atoms with Gasteiger partial charge in [-0.05, 0) is 31.0 Å². The zero-order chi connectivity index (χ0) is 12.9. The van der Waals surface area contributed by atoms with E-state index in [-0.39, 0.29) is 12.1 Å². The van der Waals surface area contributed by atoms with Crippen LogP contribution in [0.15, 0.2) is 24.3 Å². The van der Waals surface area contributed by atoms with Crippen LogP contribution in [0, 0.1) is 0 Å². The summed E-state index contributed by atoms with van der Waals surface area (Å²) >= 11 is 0. The zero-order valence-electron chi connectivity index (χ0n) is 10.4. The van der Waals surface area contributed by atoms with Gasteiger partial charge in [-0.3, -0.25) is 4.79 Å². The maximum Gasteiger partial charge on any atom is 0.248 e. The third-order valence-corrected chi connectivity index (χ3v) is 3.06. The summed E-state index contributed by atoms with van der Waals surface area (Å²) in [6.45, 7) is 4.67. The molecule has 0 heterocycles. The van der Waals surface area contributed by atoms with Gasteiger partial charge >= 0.3 is 0 Å². The average molecular weight is 236 g/mol. The Morgan fingerprint density at radius 1 is 1.53 bits per heavy atom. The Hall–Kier alpha value is -1.39. The molecule has 0 aliphatic heterocycles. The first-order chi connectivity index (χ1) is 8.00. The fourth-order valence-corrected chi connectivity index (χ4v) is 1.44. The van der Waals surface area contributed by atoms with Crippen molar-refractivity contribution in [3.63, 3.8) is 0 Å². The summed E-state index contributed by atoms with van der Waals surface area (Å²) in [5, 5.41) is 12.5. The number of aliphatic hydroxyl groups excluding tert-OH is 1. The van der Waals surface area contributed by atoms with Gasteiger partial charge < -0.3 is 16.2 Å². The summed E-state index contributed by atoms with van der Waals surface area (Å²) in [6, 6.07) is 7.19. The number of carbonyl (C=O) groups excluding carboxylic acids is 1. The highest BCUT2D eigenvalue weighted by Gasteiger charge is 2.19. The Kier molecular flexibility index (Phi) is 4.66. The molecule has 17 heavy (non-hydrogen) atoms. The molecule has 0 radical (unpaired) electrons. The van der Waals surface area contributed by atoms with E-state index in [1.807, 2.05) is 19.9 Å².